The summed E-state index contributed by atoms with van der Waals surface area (Å²) in [7, 11) is 0. The van der Waals surface area contributed by atoms with E-state index in [0.717, 1.165) is 22.6 Å². The maximum absolute atomic E-state index is 6.18. The van der Waals surface area contributed by atoms with E-state index in [4.69, 9.17) is 9.73 Å². The van der Waals surface area contributed by atoms with Crippen molar-refractivity contribution in [1.82, 2.24) is 0 Å². The van der Waals surface area contributed by atoms with Gasteiger partial charge in [0.2, 0.25) is 0 Å². The summed E-state index contributed by atoms with van der Waals surface area (Å²) in [4.78, 5) is 4.70. The molecule has 0 unspecified atom stereocenters. The Kier molecular flexibility index (Phi) is 5.20. The van der Waals surface area contributed by atoms with Gasteiger partial charge in [0.15, 0.2) is 0 Å². The first-order valence-corrected chi connectivity index (χ1v) is 9.50. The molecule has 0 amide bonds. The van der Waals surface area contributed by atoms with Crippen LogP contribution in [0.5, 0.6) is 5.75 Å². The third kappa shape index (κ3) is 3.96. The molecule has 0 spiro atoms. The van der Waals surface area contributed by atoms with E-state index in [9.17, 15) is 0 Å². The number of para-hydroxylation sites is 1. The fourth-order valence-electron chi connectivity index (χ4n) is 3.29. The lowest BCUT2D eigenvalue weighted by Crippen LogP contribution is -1.99. The van der Waals surface area contributed by atoms with Gasteiger partial charge in [-0.2, -0.15) is 0 Å². The van der Waals surface area contributed by atoms with E-state index in [-0.39, 0.29) is 0 Å². The molecule has 0 fully saturated rings. The molecule has 0 N–H and O–H groups in total. The highest BCUT2D eigenvalue weighted by molar-refractivity contribution is 5.86. The number of aliphatic imine (C=N–C) groups is 1. The van der Waals surface area contributed by atoms with Crippen LogP contribution in [0.3, 0.4) is 0 Å². The molecule has 0 aromatic heterocycles. The Bertz CT molecular complexity index is 1140. The molecular weight excluding hydrogens is 342 g/mol. The molecule has 0 saturated carbocycles. The van der Waals surface area contributed by atoms with Gasteiger partial charge in [0.1, 0.15) is 12.4 Å². The Labute approximate surface area is 166 Å². The molecular formula is C26H23NO. The van der Waals surface area contributed by atoms with Crippen molar-refractivity contribution in [1.29, 1.82) is 0 Å². The number of benzene rings is 4. The predicted molar refractivity (Wildman–Crippen MR) is 118 cm³/mol. The number of ether oxygens (including phenoxy) is 1. The van der Waals surface area contributed by atoms with Crippen LogP contribution in [0, 0.1) is 13.8 Å². The quantitative estimate of drug-likeness (QED) is 0.357. The third-order valence-corrected chi connectivity index (χ3v) is 4.89. The van der Waals surface area contributed by atoms with Crippen LogP contribution < -0.4 is 4.74 Å². The molecule has 0 aliphatic heterocycles. The molecule has 0 heterocycles. The first-order chi connectivity index (χ1) is 13.7. The van der Waals surface area contributed by atoms with Crippen molar-refractivity contribution in [3.8, 4) is 5.75 Å². The van der Waals surface area contributed by atoms with Crippen LogP contribution in [0.4, 0.5) is 5.69 Å². The van der Waals surface area contributed by atoms with E-state index in [2.05, 4.69) is 74.5 Å². The lowest BCUT2D eigenvalue weighted by molar-refractivity contribution is 0.307. The SMILES string of the molecule is Cc1ccc(C)c(N=Cc2ccccc2OCc2cccc3ccccc23)c1. The average Bonchev–Trinajstić information content (AvgIpc) is 2.73. The minimum absolute atomic E-state index is 0.523. The summed E-state index contributed by atoms with van der Waals surface area (Å²) in [6.07, 6.45) is 1.89. The van der Waals surface area contributed by atoms with E-state index in [1.807, 2.05) is 30.5 Å². The molecule has 0 radical (unpaired) electrons. The summed E-state index contributed by atoms with van der Waals surface area (Å²) in [5.41, 5.74) is 5.51. The maximum atomic E-state index is 6.18. The lowest BCUT2D eigenvalue weighted by atomic mass is 10.1. The van der Waals surface area contributed by atoms with Gasteiger partial charge in [-0.05, 0) is 59.5 Å². The fourth-order valence-corrected chi connectivity index (χ4v) is 3.29. The summed E-state index contributed by atoms with van der Waals surface area (Å²) in [5, 5.41) is 2.46. The molecule has 4 rings (SSSR count). The average molecular weight is 365 g/mol. The van der Waals surface area contributed by atoms with Crippen molar-refractivity contribution in [3.63, 3.8) is 0 Å². The zero-order valence-corrected chi connectivity index (χ0v) is 16.2. The Morgan fingerprint density at radius 2 is 1.61 bits per heavy atom. The zero-order chi connectivity index (χ0) is 19.3. The van der Waals surface area contributed by atoms with Crippen LogP contribution in [0.25, 0.3) is 10.8 Å². The number of hydrogen-bond acceptors (Lipinski definition) is 2. The summed E-state index contributed by atoms with van der Waals surface area (Å²) < 4.78 is 6.18. The van der Waals surface area contributed by atoms with E-state index in [1.54, 1.807) is 0 Å². The lowest BCUT2D eigenvalue weighted by Gasteiger charge is -2.11. The van der Waals surface area contributed by atoms with Gasteiger partial charge in [0, 0.05) is 11.8 Å². The minimum atomic E-state index is 0.523. The number of hydrogen-bond donors (Lipinski definition) is 0. The number of nitrogens with zero attached hydrogens (tertiary/aromatic N) is 1. The number of aryl methyl sites for hydroxylation is 2. The highest BCUT2D eigenvalue weighted by Gasteiger charge is 2.05. The van der Waals surface area contributed by atoms with Crippen molar-refractivity contribution in [2.75, 3.05) is 0 Å². The monoisotopic (exact) mass is 365 g/mol. The standard InChI is InChI=1S/C26H23NO/c1-19-14-15-20(2)25(16-19)27-17-22-9-4-6-13-26(22)28-18-23-11-7-10-21-8-3-5-12-24(21)23/h3-17H,18H2,1-2H3. The molecule has 0 atom stereocenters. The van der Waals surface area contributed by atoms with Gasteiger partial charge in [0.05, 0.1) is 5.69 Å². The van der Waals surface area contributed by atoms with Crippen molar-refractivity contribution in [2.45, 2.75) is 20.5 Å². The highest BCUT2D eigenvalue weighted by atomic mass is 16.5. The Morgan fingerprint density at radius 1 is 0.821 bits per heavy atom. The largest absolute Gasteiger partial charge is 0.488 e. The second-order valence-corrected chi connectivity index (χ2v) is 7.01. The highest BCUT2D eigenvalue weighted by Crippen LogP contribution is 2.24. The maximum Gasteiger partial charge on any atom is 0.128 e. The second kappa shape index (κ2) is 8.10. The van der Waals surface area contributed by atoms with Gasteiger partial charge in [-0.25, -0.2) is 0 Å². The van der Waals surface area contributed by atoms with Crippen LogP contribution in [0.15, 0.2) is 89.9 Å². The molecule has 4 aromatic carbocycles. The van der Waals surface area contributed by atoms with Gasteiger partial charge in [-0.1, -0.05) is 66.7 Å². The van der Waals surface area contributed by atoms with Crippen molar-refractivity contribution >= 4 is 22.7 Å². The van der Waals surface area contributed by atoms with Crippen molar-refractivity contribution in [2.24, 2.45) is 4.99 Å². The molecule has 28 heavy (non-hydrogen) atoms. The van der Waals surface area contributed by atoms with Crippen LogP contribution in [-0.4, -0.2) is 6.21 Å². The number of rotatable bonds is 5. The summed E-state index contributed by atoms with van der Waals surface area (Å²) >= 11 is 0. The number of fused-ring (bicyclic) bond motifs is 1. The summed E-state index contributed by atoms with van der Waals surface area (Å²) in [5.74, 6) is 0.837. The first-order valence-electron chi connectivity index (χ1n) is 9.50. The Morgan fingerprint density at radius 3 is 2.54 bits per heavy atom. The molecule has 0 aliphatic rings. The third-order valence-electron chi connectivity index (χ3n) is 4.89. The first kappa shape index (κ1) is 18.0. The predicted octanol–water partition coefficient (Wildman–Crippen LogP) is 6.79. The van der Waals surface area contributed by atoms with Crippen LogP contribution in [0.1, 0.15) is 22.3 Å². The Balaban J connectivity index is 1.58. The topological polar surface area (TPSA) is 21.6 Å². The molecule has 2 heteroatoms. The van der Waals surface area contributed by atoms with E-state index in [0.29, 0.717) is 6.61 Å². The minimum Gasteiger partial charge on any atom is -0.488 e. The van der Waals surface area contributed by atoms with Gasteiger partial charge in [0.25, 0.3) is 0 Å². The molecule has 2 nitrogen and oxygen atoms in total. The van der Waals surface area contributed by atoms with E-state index >= 15 is 0 Å². The normalized spacial score (nSPS) is 11.2. The summed E-state index contributed by atoms with van der Waals surface area (Å²) in [6, 6.07) is 29.1. The van der Waals surface area contributed by atoms with Crippen LogP contribution in [-0.2, 0) is 6.61 Å². The second-order valence-electron chi connectivity index (χ2n) is 7.01. The Hall–Kier alpha value is -3.39. The van der Waals surface area contributed by atoms with Gasteiger partial charge in [-0.15, -0.1) is 0 Å². The van der Waals surface area contributed by atoms with Gasteiger partial charge >= 0.3 is 0 Å². The van der Waals surface area contributed by atoms with Crippen LogP contribution >= 0.6 is 0 Å². The smallest absolute Gasteiger partial charge is 0.128 e. The van der Waals surface area contributed by atoms with E-state index < -0.39 is 0 Å². The molecule has 0 aliphatic carbocycles. The molecule has 4 aromatic rings. The van der Waals surface area contributed by atoms with Gasteiger partial charge in [-0.3, -0.25) is 4.99 Å². The summed E-state index contributed by atoms with van der Waals surface area (Å²) in [6.45, 7) is 4.68. The molecule has 138 valence electrons. The van der Waals surface area contributed by atoms with Crippen molar-refractivity contribution in [3.05, 3.63) is 107 Å². The zero-order valence-electron chi connectivity index (χ0n) is 16.2. The molecule has 0 bridgehead atoms. The fraction of sp³-hybridized carbons (Fsp3) is 0.115. The van der Waals surface area contributed by atoms with E-state index in [1.165, 1.54) is 21.9 Å². The van der Waals surface area contributed by atoms with Crippen molar-refractivity contribution < 1.29 is 4.74 Å². The van der Waals surface area contributed by atoms with Crippen LogP contribution in [0.2, 0.25) is 0 Å². The van der Waals surface area contributed by atoms with Gasteiger partial charge < -0.3 is 4.74 Å². The molecule has 0 saturated heterocycles.